The van der Waals surface area contributed by atoms with Gasteiger partial charge < -0.3 is 0 Å². The van der Waals surface area contributed by atoms with E-state index in [9.17, 15) is 4.79 Å². The minimum atomic E-state index is 0.104. The van der Waals surface area contributed by atoms with Crippen molar-refractivity contribution in [2.45, 2.75) is 40.5 Å². The third-order valence-corrected chi connectivity index (χ3v) is 2.44. The molecule has 2 nitrogen and oxygen atoms in total. The molecule has 0 atom stereocenters. The maximum atomic E-state index is 11.4. The van der Waals surface area contributed by atoms with Crippen LogP contribution in [-0.2, 0) is 6.42 Å². The Morgan fingerprint density at radius 1 is 1.40 bits per heavy atom. The van der Waals surface area contributed by atoms with Crippen LogP contribution in [0.4, 0.5) is 0 Å². The van der Waals surface area contributed by atoms with Crippen LogP contribution in [0.1, 0.15) is 50.0 Å². The lowest BCUT2D eigenvalue weighted by Crippen LogP contribution is -2.08. The molecule has 0 saturated carbocycles. The highest BCUT2D eigenvalue weighted by atomic mass is 16.1. The highest BCUT2D eigenvalue weighted by Gasteiger charge is 2.13. The van der Waals surface area contributed by atoms with Gasteiger partial charge in [0.15, 0.2) is 5.78 Å². The highest BCUT2D eigenvalue weighted by Crippen LogP contribution is 2.22. The third-order valence-electron chi connectivity index (χ3n) is 2.44. The van der Waals surface area contributed by atoms with E-state index in [1.165, 1.54) is 0 Å². The Kier molecular flexibility index (Phi) is 3.61. The molecule has 1 aromatic heterocycles. The largest absolute Gasteiger partial charge is 0.294 e. The zero-order valence-electron chi connectivity index (χ0n) is 10.0. The van der Waals surface area contributed by atoms with Gasteiger partial charge in [0, 0.05) is 18.0 Å². The summed E-state index contributed by atoms with van der Waals surface area (Å²) in [6.45, 7) is 8.22. The first-order valence-electron chi connectivity index (χ1n) is 5.34. The standard InChI is InChI=1S/C13H19NO/c1-10(15)12-9-14-8-6-11(12)5-7-13(2,3)4/h6,8-9H,5,7H2,1-4H3. The molecular weight excluding hydrogens is 186 g/mol. The van der Waals surface area contributed by atoms with E-state index >= 15 is 0 Å². The second kappa shape index (κ2) is 4.56. The number of Topliss-reactive ketones (excluding diaryl/α,β-unsaturated/α-hetero) is 1. The predicted octanol–water partition coefficient (Wildman–Crippen LogP) is 3.26. The number of rotatable bonds is 3. The van der Waals surface area contributed by atoms with Gasteiger partial charge >= 0.3 is 0 Å². The smallest absolute Gasteiger partial charge is 0.161 e. The van der Waals surface area contributed by atoms with Crippen molar-refractivity contribution in [3.8, 4) is 0 Å². The number of aromatic nitrogens is 1. The molecule has 0 aliphatic rings. The zero-order chi connectivity index (χ0) is 11.5. The Balaban J connectivity index is 2.81. The molecule has 15 heavy (non-hydrogen) atoms. The number of ketones is 1. The van der Waals surface area contributed by atoms with Gasteiger partial charge in [0.05, 0.1) is 0 Å². The summed E-state index contributed by atoms with van der Waals surface area (Å²) in [4.78, 5) is 15.3. The van der Waals surface area contributed by atoms with Crippen LogP contribution in [0.15, 0.2) is 18.5 Å². The van der Waals surface area contributed by atoms with Crippen molar-refractivity contribution in [1.29, 1.82) is 0 Å². The van der Waals surface area contributed by atoms with Crippen molar-refractivity contribution in [3.05, 3.63) is 29.6 Å². The Labute approximate surface area is 91.7 Å². The molecule has 0 aromatic carbocycles. The molecule has 0 bridgehead atoms. The second-order valence-corrected chi connectivity index (χ2v) is 5.15. The highest BCUT2D eigenvalue weighted by molar-refractivity contribution is 5.95. The number of hydrogen-bond donors (Lipinski definition) is 0. The molecule has 0 spiro atoms. The van der Waals surface area contributed by atoms with E-state index in [4.69, 9.17) is 0 Å². The van der Waals surface area contributed by atoms with Gasteiger partial charge in [-0.25, -0.2) is 0 Å². The van der Waals surface area contributed by atoms with Crippen LogP contribution in [0.25, 0.3) is 0 Å². The molecule has 0 N–H and O–H groups in total. The second-order valence-electron chi connectivity index (χ2n) is 5.15. The first-order chi connectivity index (χ1) is 6.90. The molecule has 0 aliphatic heterocycles. The van der Waals surface area contributed by atoms with Gasteiger partial charge in [-0.3, -0.25) is 9.78 Å². The summed E-state index contributed by atoms with van der Waals surface area (Å²) >= 11 is 0. The van der Waals surface area contributed by atoms with Gasteiger partial charge in [-0.1, -0.05) is 20.8 Å². The van der Waals surface area contributed by atoms with E-state index in [0.29, 0.717) is 5.41 Å². The summed E-state index contributed by atoms with van der Waals surface area (Å²) in [5.74, 6) is 0.104. The van der Waals surface area contributed by atoms with E-state index in [1.54, 1.807) is 19.3 Å². The van der Waals surface area contributed by atoms with Crippen molar-refractivity contribution in [1.82, 2.24) is 4.98 Å². The third kappa shape index (κ3) is 3.82. The minimum Gasteiger partial charge on any atom is -0.294 e. The van der Waals surface area contributed by atoms with Crippen molar-refractivity contribution in [2.24, 2.45) is 5.41 Å². The average Bonchev–Trinajstić information content (AvgIpc) is 2.14. The molecule has 1 heterocycles. The Hall–Kier alpha value is -1.18. The minimum absolute atomic E-state index is 0.104. The average molecular weight is 205 g/mol. The normalized spacial score (nSPS) is 11.5. The van der Waals surface area contributed by atoms with E-state index < -0.39 is 0 Å². The fraction of sp³-hybridized carbons (Fsp3) is 0.538. The van der Waals surface area contributed by atoms with Crippen LogP contribution in [0.2, 0.25) is 0 Å². The van der Waals surface area contributed by atoms with Crippen molar-refractivity contribution in [2.75, 3.05) is 0 Å². The molecule has 2 heteroatoms. The summed E-state index contributed by atoms with van der Waals surface area (Å²) in [6, 6.07) is 1.95. The van der Waals surface area contributed by atoms with Gasteiger partial charge in [0.1, 0.15) is 0 Å². The molecule has 0 unspecified atom stereocenters. The zero-order valence-corrected chi connectivity index (χ0v) is 10.0. The van der Waals surface area contributed by atoms with Gasteiger partial charge in [-0.2, -0.15) is 0 Å². The number of carbonyl (C=O) groups excluding carboxylic acids is 1. The summed E-state index contributed by atoms with van der Waals surface area (Å²) in [6.07, 6.45) is 5.45. The molecule has 82 valence electrons. The quantitative estimate of drug-likeness (QED) is 0.709. The van der Waals surface area contributed by atoms with Crippen LogP contribution in [0, 0.1) is 5.41 Å². The Morgan fingerprint density at radius 3 is 2.60 bits per heavy atom. The van der Waals surface area contributed by atoms with Crippen molar-refractivity contribution >= 4 is 5.78 Å². The van der Waals surface area contributed by atoms with E-state index in [2.05, 4.69) is 25.8 Å². The number of pyridine rings is 1. The lowest BCUT2D eigenvalue weighted by molar-refractivity contribution is 0.101. The molecule has 0 amide bonds. The van der Waals surface area contributed by atoms with Crippen LogP contribution in [-0.4, -0.2) is 10.8 Å². The molecule has 1 aromatic rings. The molecule has 0 saturated heterocycles. The number of nitrogens with zero attached hydrogens (tertiary/aromatic N) is 1. The molecule has 0 aliphatic carbocycles. The van der Waals surface area contributed by atoms with Crippen LogP contribution >= 0.6 is 0 Å². The molecule has 1 rings (SSSR count). The van der Waals surface area contributed by atoms with E-state index in [0.717, 1.165) is 24.0 Å². The Bertz CT molecular complexity index is 350. The lowest BCUT2D eigenvalue weighted by atomic mass is 9.87. The van der Waals surface area contributed by atoms with E-state index in [-0.39, 0.29) is 5.78 Å². The summed E-state index contributed by atoms with van der Waals surface area (Å²) in [7, 11) is 0. The first kappa shape index (κ1) is 11.9. The van der Waals surface area contributed by atoms with Gasteiger partial charge in [-0.15, -0.1) is 0 Å². The SMILES string of the molecule is CC(=O)c1cnccc1CCC(C)(C)C. The van der Waals surface area contributed by atoms with E-state index in [1.807, 2.05) is 6.07 Å². The Morgan fingerprint density at radius 2 is 2.07 bits per heavy atom. The van der Waals surface area contributed by atoms with Gasteiger partial charge in [0.2, 0.25) is 0 Å². The first-order valence-corrected chi connectivity index (χ1v) is 5.34. The van der Waals surface area contributed by atoms with Crippen molar-refractivity contribution < 1.29 is 4.79 Å². The number of hydrogen-bond acceptors (Lipinski definition) is 2. The number of aryl methyl sites for hydroxylation is 1. The topological polar surface area (TPSA) is 30.0 Å². The number of carbonyl (C=O) groups is 1. The predicted molar refractivity (Wildman–Crippen MR) is 62.0 cm³/mol. The lowest BCUT2D eigenvalue weighted by Gasteiger charge is -2.18. The monoisotopic (exact) mass is 205 g/mol. The van der Waals surface area contributed by atoms with Crippen LogP contribution in [0.5, 0.6) is 0 Å². The molecular formula is C13H19NO. The summed E-state index contributed by atoms with van der Waals surface area (Å²) < 4.78 is 0. The maximum Gasteiger partial charge on any atom is 0.161 e. The van der Waals surface area contributed by atoms with Gasteiger partial charge in [-0.05, 0) is 36.8 Å². The summed E-state index contributed by atoms with van der Waals surface area (Å²) in [5, 5.41) is 0. The van der Waals surface area contributed by atoms with Crippen LogP contribution in [0.3, 0.4) is 0 Å². The van der Waals surface area contributed by atoms with Crippen molar-refractivity contribution in [3.63, 3.8) is 0 Å². The fourth-order valence-corrected chi connectivity index (χ4v) is 1.47. The maximum absolute atomic E-state index is 11.4. The summed E-state index contributed by atoms with van der Waals surface area (Å²) in [5.41, 5.74) is 2.19. The molecule has 0 radical (unpaired) electrons. The molecule has 0 fully saturated rings. The van der Waals surface area contributed by atoms with Crippen LogP contribution < -0.4 is 0 Å². The fourth-order valence-electron chi connectivity index (χ4n) is 1.47. The van der Waals surface area contributed by atoms with Gasteiger partial charge in [0.25, 0.3) is 0 Å².